The molecule has 5 nitrogen and oxygen atoms in total. The lowest BCUT2D eigenvalue weighted by molar-refractivity contribution is -0.137. The van der Waals surface area contributed by atoms with Crippen molar-refractivity contribution in [1.82, 2.24) is 0 Å². The summed E-state index contributed by atoms with van der Waals surface area (Å²) in [5, 5.41) is 1.66. The molecule has 1 aliphatic heterocycles. The minimum atomic E-state index is -4.46. The zero-order valence-corrected chi connectivity index (χ0v) is 30.9. The van der Waals surface area contributed by atoms with Gasteiger partial charge in [-0.2, -0.15) is 13.2 Å². The van der Waals surface area contributed by atoms with E-state index < -0.39 is 22.8 Å². The van der Waals surface area contributed by atoms with Gasteiger partial charge in [-0.3, -0.25) is 0 Å². The molecule has 3 aliphatic carbocycles. The molecule has 1 spiro atoms. The first-order valence-corrected chi connectivity index (χ1v) is 18.9. The van der Waals surface area contributed by atoms with Gasteiger partial charge in [0.25, 0.3) is 0 Å². The molecule has 0 saturated heterocycles. The largest absolute Gasteiger partial charge is 0.497 e. The highest BCUT2D eigenvalue weighted by molar-refractivity contribution is 6.10. The van der Waals surface area contributed by atoms with E-state index in [0.717, 1.165) is 99.7 Å². The standard InChI is InChI=1S/C46H43F3O5/c1-5-6-21-53-33-16-11-29(12-17-33)45(28-9-14-32(50-2)15-10-28)20-19-35-42-41(36-24-39(51-3)40(52-4)25-37(36)43(35)54-45)34-18-13-31(46(47,48)49)23-38(34)44(42)26-27-7-8-30(44)22-27/h9-20,23-25,27,30H,5-8,21-22,26H2,1-4H3. The van der Waals surface area contributed by atoms with Gasteiger partial charge < -0.3 is 23.7 Å². The Hall–Kier alpha value is -5.11. The average Bonchev–Trinajstić information content (AvgIpc) is 3.89. The molecule has 1 heterocycles. The molecule has 2 bridgehead atoms. The van der Waals surface area contributed by atoms with Crippen molar-refractivity contribution in [2.24, 2.45) is 11.8 Å². The molecule has 0 amide bonds. The van der Waals surface area contributed by atoms with Crippen LogP contribution in [0.2, 0.25) is 0 Å². The van der Waals surface area contributed by atoms with Crippen molar-refractivity contribution >= 4 is 16.8 Å². The summed E-state index contributed by atoms with van der Waals surface area (Å²) in [6.45, 7) is 2.78. The summed E-state index contributed by atoms with van der Waals surface area (Å²) >= 11 is 0. The molecule has 5 aromatic rings. The average molecular weight is 733 g/mol. The number of unbranched alkanes of at least 4 members (excludes halogenated alkanes) is 1. The topological polar surface area (TPSA) is 46.2 Å². The minimum absolute atomic E-state index is 0.217. The normalized spacial score (nSPS) is 23.2. The van der Waals surface area contributed by atoms with Gasteiger partial charge in [0.15, 0.2) is 17.1 Å². The fourth-order valence-corrected chi connectivity index (χ4v) is 10.1. The first-order chi connectivity index (χ1) is 26.1. The Kier molecular flexibility index (Phi) is 8.18. The van der Waals surface area contributed by atoms with Crippen molar-refractivity contribution in [3.63, 3.8) is 0 Å². The number of fused-ring (bicyclic) bond motifs is 13. The SMILES string of the molecule is CCCCOc1ccc(C2(c3ccc(OC)cc3)C=Cc3c4c(c5cc(OC)c(OC)cc5c3O2)-c2ccc(C(F)(F)F)cc2C42CC3CCC2C3)cc1. The number of hydrogen-bond acceptors (Lipinski definition) is 5. The van der Waals surface area contributed by atoms with Crippen LogP contribution < -0.4 is 23.7 Å². The van der Waals surface area contributed by atoms with Gasteiger partial charge in [-0.05, 0) is 120 Å². The van der Waals surface area contributed by atoms with Crippen LogP contribution in [0.15, 0.2) is 84.9 Å². The quantitative estimate of drug-likeness (QED) is 0.141. The Labute approximate surface area is 313 Å². The van der Waals surface area contributed by atoms with Crippen LogP contribution >= 0.6 is 0 Å². The van der Waals surface area contributed by atoms with Gasteiger partial charge in [0.05, 0.1) is 33.5 Å². The number of halogens is 3. The first-order valence-electron chi connectivity index (χ1n) is 18.9. The van der Waals surface area contributed by atoms with Crippen LogP contribution in [0.5, 0.6) is 28.7 Å². The third kappa shape index (κ3) is 5.05. The smallest absolute Gasteiger partial charge is 0.416 e. The molecule has 278 valence electrons. The van der Waals surface area contributed by atoms with E-state index in [1.54, 1.807) is 27.4 Å². The van der Waals surface area contributed by atoms with Crippen LogP contribution in [0.1, 0.15) is 78.8 Å². The monoisotopic (exact) mass is 732 g/mol. The molecule has 4 aliphatic rings. The lowest BCUT2D eigenvalue weighted by atomic mass is 9.65. The Balaban J connectivity index is 1.33. The summed E-state index contributed by atoms with van der Waals surface area (Å²) in [6.07, 6.45) is 5.71. The molecule has 0 radical (unpaired) electrons. The Morgan fingerprint density at radius 2 is 1.48 bits per heavy atom. The highest BCUT2D eigenvalue weighted by Crippen LogP contribution is 2.69. The summed E-state index contributed by atoms with van der Waals surface area (Å²) < 4.78 is 74.1. The summed E-state index contributed by atoms with van der Waals surface area (Å²) in [6, 6.07) is 24.2. The van der Waals surface area contributed by atoms with Gasteiger partial charge in [0.2, 0.25) is 0 Å². The van der Waals surface area contributed by atoms with Gasteiger partial charge in [-0.25, -0.2) is 0 Å². The number of rotatable bonds is 9. The van der Waals surface area contributed by atoms with E-state index in [1.165, 1.54) is 12.1 Å². The lowest BCUT2D eigenvalue weighted by Gasteiger charge is -2.41. The molecule has 54 heavy (non-hydrogen) atoms. The number of ether oxygens (including phenoxy) is 5. The van der Waals surface area contributed by atoms with E-state index in [9.17, 15) is 13.2 Å². The number of benzene rings is 5. The van der Waals surface area contributed by atoms with Crippen molar-refractivity contribution in [3.05, 3.63) is 118 Å². The molecule has 5 aromatic carbocycles. The molecular formula is C46H43F3O5. The molecule has 2 fully saturated rings. The van der Waals surface area contributed by atoms with Crippen LogP contribution in [0.4, 0.5) is 13.2 Å². The van der Waals surface area contributed by atoms with E-state index in [-0.39, 0.29) is 5.92 Å². The van der Waals surface area contributed by atoms with Crippen molar-refractivity contribution in [2.75, 3.05) is 27.9 Å². The summed E-state index contributed by atoms with van der Waals surface area (Å²) in [4.78, 5) is 0. The van der Waals surface area contributed by atoms with Gasteiger partial charge in [-0.15, -0.1) is 0 Å². The van der Waals surface area contributed by atoms with E-state index in [4.69, 9.17) is 23.7 Å². The van der Waals surface area contributed by atoms with E-state index in [2.05, 4.69) is 19.1 Å². The minimum Gasteiger partial charge on any atom is -0.497 e. The zero-order valence-electron chi connectivity index (χ0n) is 30.9. The van der Waals surface area contributed by atoms with Gasteiger partial charge >= 0.3 is 6.18 Å². The number of methoxy groups -OCH3 is 3. The fourth-order valence-electron chi connectivity index (χ4n) is 10.1. The molecule has 9 rings (SSSR count). The Morgan fingerprint density at radius 1 is 0.796 bits per heavy atom. The van der Waals surface area contributed by atoms with Crippen LogP contribution in [0.25, 0.3) is 28.0 Å². The van der Waals surface area contributed by atoms with Crippen LogP contribution in [-0.2, 0) is 17.2 Å². The second-order valence-electron chi connectivity index (χ2n) is 15.2. The summed E-state index contributed by atoms with van der Waals surface area (Å²) in [5.41, 5.74) is 4.11. The second-order valence-corrected chi connectivity index (χ2v) is 15.2. The highest BCUT2D eigenvalue weighted by Gasteiger charge is 2.59. The highest BCUT2D eigenvalue weighted by atomic mass is 19.4. The second kappa shape index (κ2) is 12.7. The van der Waals surface area contributed by atoms with Gasteiger partial charge in [0, 0.05) is 27.5 Å². The molecular weight excluding hydrogens is 689 g/mol. The summed E-state index contributed by atoms with van der Waals surface area (Å²) in [7, 11) is 4.85. The van der Waals surface area contributed by atoms with E-state index >= 15 is 0 Å². The van der Waals surface area contributed by atoms with Crippen molar-refractivity contribution < 1.29 is 36.9 Å². The number of hydrogen-bond donors (Lipinski definition) is 0. The molecule has 2 saturated carbocycles. The van der Waals surface area contributed by atoms with E-state index in [0.29, 0.717) is 29.8 Å². The van der Waals surface area contributed by atoms with Crippen molar-refractivity contribution in [2.45, 2.75) is 62.6 Å². The van der Waals surface area contributed by atoms with Crippen LogP contribution in [-0.4, -0.2) is 27.9 Å². The fraction of sp³-hybridized carbons (Fsp3) is 0.348. The maximum atomic E-state index is 14.4. The lowest BCUT2D eigenvalue weighted by Crippen LogP contribution is -2.36. The van der Waals surface area contributed by atoms with Crippen molar-refractivity contribution in [1.29, 1.82) is 0 Å². The Bertz CT molecular complexity index is 2290. The molecule has 0 N–H and O–H groups in total. The third-order valence-corrected chi connectivity index (χ3v) is 12.5. The zero-order chi connectivity index (χ0) is 37.4. The maximum absolute atomic E-state index is 14.4. The van der Waals surface area contributed by atoms with E-state index in [1.807, 2.05) is 60.7 Å². The first kappa shape index (κ1) is 34.6. The third-order valence-electron chi connectivity index (χ3n) is 12.5. The maximum Gasteiger partial charge on any atom is 0.416 e. The number of alkyl halides is 3. The molecule has 4 unspecified atom stereocenters. The predicted octanol–water partition coefficient (Wildman–Crippen LogP) is 11.5. The van der Waals surface area contributed by atoms with Crippen LogP contribution in [0, 0.1) is 11.8 Å². The molecule has 8 heteroatoms. The molecule has 4 atom stereocenters. The Morgan fingerprint density at radius 3 is 2.07 bits per heavy atom. The predicted molar refractivity (Wildman–Crippen MR) is 204 cm³/mol. The molecule has 0 aromatic heterocycles. The van der Waals surface area contributed by atoms with Gasteiger partial charge in [-0.1, -0.05) is 56.2 Å². The van der Waals surface area contributed by atoms with Crippen molar-refractivity contribution in [3.8, 4) is 39.9 Å². The summed E-state index contributed by atoms with van der Waals surface area (Å²) in [5.74, 6) is 3.92. The van der Waals surface area contributed by atoms with Crippen LogP contribution in [0.3, 0.4) is 0 Å². The van der Waals surface area contributed by atoms with Gasteiger partial charge in [0.1, 0.15) is 17.2 Å².